The molecule has 7 nitrogen and oxygen atoms in total. The highest BCUT2D eigenvalue weighted by molar-refractivity contribution is 5.98. The van der Waals surface area contributed by atoms with Gasteiger partial charge in [0.15, 0.2) is 0 Å². The third kappa shape index (κ3) is 4.81. The number of esters is 1. The highest BCUT2D eigenvalue weighted by Gasteiger charge is 2.18. The fourth-order valence-electron chi connectivity index (χ4n) is 2.74. The standard InChI is InChI=1S/C22H21N3O4/c1-16-7-6-10-25-19(21(24-20(16)25)28-12-11-27-2)13-18(14-23)22(26)29-15-17-8-4-3-5-9-17/h3-10,13H,11-12,15H2,1-2H3. The quantitative estimate of drug-likeness (QED) is 0.253. The summed E-state index contributed by atoms with van der Waals surface area (Å²) in [5.41, 5.74) is 2.82. The van der Waals surface area contributed by atoms with Gasteiger partial charge in [-0.05, 0) is 30.2 Å². The SMILES string of the molecule is COCCOc1nc2c(C)cccn2c1C=C(C#N)C(=O)OCc1ccccc1. The second-order valence-corrected chi connectivity index (χ2v) is 6.26. The number of aromatic nitrogens is 2. The van der Waals surface area contributed by atoms with Gasteiger partial charge in [0.2, 0.25) is 5.88 Å². The number of imidazole rings is 1. The monoisotopic (exact) mass is 391 g/mol. The highest BCUT2D eigenvalue weighted by Crippen LogP contribution is 2.25. The number of pyridine rings is 1. The minimum atomic E-state index is -0.707. The Kier molecular flexibility index (Phi) is 6.61. The molecule has 0 bridgehead atoms. The Morgan fingerprint density at radius 1 is 1.21 bits per heavy atom. The van der Waals surface area contributed by atoms with Crippen LogP contribution in [0, 0.1) is 18.3 Å². The fraction of sp³-hybridized carbons (Fsp3) is 0.227. The largest absolute Gasteiger partial charge is 0.474 e. The van der Waals surface area contributed by atoms with Crippen LogP contribution in [-0.4, -0.2) is 35.7 Å². The van der Waals surface area contributed by atoms with Gasteiger partial charge < -0.3 is 14.2 Å². The number of nitriles is 1. The zero-order chi connectivity index (χ0) is 20.6. The molecule has 0 atom stereocenters. The summed E-state index contributed by atoms with van der Waals surface area (Å²) in [7, 11) is 1.58. The van der Waals surface area contributed by atoms with Crippen molar-refractivity contribution in [3.05, 3.63) is 71.1 Å². The Morgan fingerprint density at radius 3 is 2.72 bits per heavy atom. The van der Waals surface area contributed by atoms with Crippen LogP contribution >= 0.6 is 0 Å². The molecule has 148 valence electrons. The van der Waals surface area contributed by atoms with Crippen LogP contribution in [0.25, 0.3) is 11.7 Å². The van der Waals surface area contributed by atoms with Crippen LogP contribution in [0.2, 0.25) is 0 Å². The number of carbonyl (C=O) groups excluding carboxylic acids is 1. The smallest absolute Gasteiger partial charge is 0.349 e. The molecule has 0 N–H and O–H groups in total. The number of hydrogen-bond acceptors (Lipinski definition) is 6. The molecular weight excluding hydrogens is 370 g/mol. The normalized spacial score (nSPS) is 11.3. The minimum absolute atomic E-state index is 0.0855. The van der Waals surface area contributed by atoms with Crippen LogP contribution in [0.4, 0.5) is 0 Å². The van der Waals surface area contributed by atoms with Crippen LogP contribution in [0.5, 0.6) is 5.88 Å². The summed E-state index contributed by atoms with van der Waals surface area (Å²) in [6.45, 7) is 2.69. The lowest BCUT2D eigenvalue weighted by Crippen LogP contribution is -2.08. The van der Waals surface area contributed by atoms with Gasteiger partial charge in [0.25, 0.3) is 0 Å². The second-order valence-electron chi connectivity index (χ2n) is 6.26. The van der Waals surface area contributed by atoms with E-state index in [1.165, 1.54) is 6.08 Å². The molecular formula is C22H21N3O4. The predicted octanol–water partition coefficient (Wildman–Crippen LogP) is 3.32. The number of fused-ring (bicyclic) bond motifs is 1. The van der Waals surface area contributed by atoms with Crippen molar-refractivity contribution in [2.75, 3.05) is 20.3 Å². The van der Waals surface area contributed by atoms with Crippen molar-refractivity contribution in [3.8, 4) is 11.9 Å². The van der Waals surface area contributed by atoms with Crippen LogP contribution in [-0.2, 0) is 20.9 Å². The number of carbonyl (C=O) groups is 1. The van der Waals surface area contributed by atoms with Gasteiger partial charge in [0.05, 0.1) is 6.61 Å². The van der Waals surface area contributed by atoms with Crippen molar-refractivity contribution >= 4 is 17.7 Å². The zero-order valence-corrected chi connectivity index (χ0v) is 16.3. The summed E-state index contributed by atoms with van der Waals surface area (Å²) in [5.74, 6) is -0.387. The van der Waals surface area contributed by atoms with Crippen molar-refractivity contribution in [1.82, 2.24) is 9.38 Å². The third-order valence-corrected chi connectivity index (χ3v) is 4.21. The van der Waals surface area contributed by atoms with Crippen LogP contribution in [0.3, 0.4) is 0 Å². The van der Waals surface area contributed by atoms with E-state index in [4.69, 9.17) is 14.2 Å². The molecule has 0 saturated heterocycles. The number of nitrogens with zero attached hydrogens (tertiary/aromatic N) is 3. The van der Waals surface area contributed by atoms with E-state index in [0.29, 0.717) is 30.4 Å². The molecule has 3 rings (SSSR count). The molecule has 0 amide bonds. The van der Waals surface area contributed by atoms with Gasteiger partial charge in [-0.3, -0.25) is 4.40 Å². The molecule has 0 aliphatic carbocycles. The average Bonchev–Trinajstić information content (AvgIpc) is 3.10. The van der Waals surface area contributed by atoms with Crippen molar-refractivity contribution in [2.24, 2.45) is 0 Å². The van der Waals surface area contributed by atoms with E-state index >= 15 is 0 Å². The lowest BCUT2D eigenvalue weighted by Gasteiger charge is -2.06. The first-order valence-corrected chi connectivity index (χ1v) is 9.06. The lowest BCUT2D eigenvalue weighted by molar-refractivity contribution is -0.139. The lowest BCUT2D eigenvalue weighted by atomic mass is 10.2. The molecule has 1 aromatic carbocycles. The van der Waals surface area contributed by atoms with E-state index < -0.39 is 5.97 Å². The summed E-state index contributed by atoms with van der Waals surface area (Å²) in [6.07, 6.45) is 3.24. The van der Waals surface area contributed by atoms with Crippen molar-refractivity contribution in [3.63, 3.8) is 0 Å². The number of methoxy groups -OCH3 is 1. The zero-order valence-electron chi connectivity index (χ0n) is 16.3. The van der Waals surface area contributed by atoms with E-state index in [2.05, 4.69) is 4.98 Å². The van der Waals surface area contributed by atoms with E-state index in [1.807, 2.05) is 55.5 Å². The molecule has 3 aromatic rings. The highest BCUT2D eigenvalue weighted by atomic mass is 16.5. The summed E-state index contributed by atoms with van der Waals surface area (Å²) < 4.78 is 17.8. The first-order chi connectivity index (χ1) is 14.1. The number of ether oxygens (including phenoxy) is 3. The Hall–Kier alpha value is -3.63. The summed E-state index contributed by atoms with van der Waals surface area (Å²) in [4.78, 5) is 16.9. The second kappa shape index (κ2) is 9.53. The minimum Gasteiger partial charge on any atom is -0.474 e. The number of rotatable bonds is 8. The molecule has 0 saturated carbocycles. The third-order valence-electron chi connectivity index (χ3n) is 4.21. The van der Waals surface area contributed by atoms with E-state index in [9.17, 15) is 10.1 Å². The molecule has 2 heterocycles. The Labute approximate surface area is 168 Å². The molecule has 7 heteroatoms. The summed E-state index contributed by atoms with van der Waals surface area (Å²) in [5, 5.41) is 9.51. The molecule has 29 heavy (non-hydrogen) atoms. The van der Waals surface area contributed by atoms with Gasteiger partial charge in [-0.2, -0.15) is 10.2 Å². The fourth-order valence-corrected chi connectivity index (χ4v) is 2.74. The van der Waals surface area contributed by atoms with Gasteiger partial charge in [-0.1, -0.05) is 36.4 Å². The summed E-state index contributed by atoms with van der Waals surface area (Å²) in [6, 6.07) is 15.0. The summed E-state index contributed by atoms with van der Waals surface area (Å²) >= 11 is 0. The van der Waals surface area contributed by atoms with Crippen molar-refractivity contribution in [2.45, 2.75) is 13.5 Å². The van der Waals surface area contributed by atoms with Crippen LogP contribution < -0.4 is 4.74 Å². The van der Waals surface area contributed by atoms with Gasteiger partial charge in [-0.15, -0.1) is 0 Å². The maximum absolute atomic E-state index is 12.4. The number of aryl methyl sites for hydroxylation is 1. The van der Waals surface area contributed by atoms with Gasteiger partial charge in [-0.25, -0.2) is 4.79 Å². The van der Waals surface area contributed by atoms with Gasteiger partial charge >= 0.3 is 5.97 Å². The van der Waals surface area contributed by atoms with Gasteiger partial charge in [0, 0.05) is 13.3 Å². The Balaban J connectivity index is 1.90. The topological polar surface area (TPSA) is 85.9 Å². The molecule has 0 spiro atoms. The van der Waals surface area contributed by atoms with E-state index in [0.717, 1.165) is 11.1 Å². The van der Waals surface area contributed by atoms with E-state index in [-0.39, 0.29) is 12.2 Å². The maximum atomic E-state index is 12.4. The molecule has 0 aliphatic heterocycles. The van der Waals surface area contributed by atoms with E-state index in [1.54, 1.807) is 17.7 Å². The molecule has 0 aliphatic rings. The number of benzene rings is 1. The molecule has 2 aromatic heterocycles. The number of hydrogen-bond donors (Lipinski definition) is 0. The van der Waals surface area contributed by atoms with Crippen LogP contribution in [0.1, 0.15) is 16.8 Å². The molecule has 0 radical (unpaired) electrons. The molecule has 0 unspecified atom stereocenters. The van der Waals surface area contributed by atoms with Gasteiger partial charge in [0.1, 0.15) is 36.2 Å². The molecule has 0 fully saturated rings. The Morgan fingerprint density at radius 2 is 2.00 bits per heavy atom. The van der Waals surface area contributed by atoms with Crippen LogP contribution in [0.15, 0.2) is 54.2 Å². The average molecular weight is 391 g/mol. The van der Waals surface area contributed by atoms with Crippen molar-refractivity contribution in [1.29, 1.82) is 5.26 Å². The Bertz CT molecular complexity index is 1060. The maximum Gasteiger partial charge on any atom is 0.349 e. The van der Waals surface area contributed by atoms with Crippen molar-refractivity contribution < 1.29 is 19.0 Å². The first kappa shape index (κ1) is 20.1. The first-order valence-electron chi connectivity index (χ1n) is 9.06. The predicted molar refractivity (Wildman–Crippen MR) is 107 cm³/mol.